The monoisotopic (exact) mass is 274 g/mol. The fourth-order valence-corrected chi connectivity index (χ4v) is 2.18. The smallest absolute Gasteiger partial charge is 0.129 e. The second-order valence-corrected chi connectivity index (χ2v) is 5.41. The van der Waals surface area contributed by atoms with E-state index in [-0.39, 0.29) is 5.82 Å². The van der Waals surface area contributed by atoms with Gasteiger partial charge in [-0.1, -0.05) is 29.8 Å². The van der Waals surface area contributed by atoms with Crippen LogP contribution < -0.4 is 0 Å². The molecule has 1 unspecified atom stereocenters. The van der Waals surface area contributed by atoms with Gasteiger partial charge < -0.3 is 5.11 Å². The third-order valence-corrected chi connectivity index (χ3v) is 2.81. The molecule has 1 N–H and O–H groups in total. The molecular weight excluding hydrogens is 259 g/mol. The maximum absolute atomic E-state index is 13.5. The zero-order valence-corrected chi connectivity index (χ0v) is 10.8. The van der Waals surface area contributed by atoms with E-state index < -0.39 is 5.60 Å². The standard InChI is InChI=1S/C12H16BrFO/c1-8(2)7-12(3,15)10-6-9(13)4-5-11(10)14/h4-6,8,15H,7H2,1-3H3. The Bertz CT molecular complexity index is 347. The molecule has 0 saturated carbocycles. The van der Waals surface area contributed by atoms with Gasteiger partial charge in [0, 0.05) is 10.0 Å². The van der Waals surface area contributed by atoms with Crippen LogP contribution in [0.5, 0.6) is 0 Å². The highest BCUT2D eigenvalue weighted by molar-refractivity contribution is 9.10. The number of aliphatic hydroxyl groups is 1. The minimum Gasteiger partial charge on any atom is -0.385 e. The summed E-state index contributed by atoms with van der Waals surface area (Å²) in [7, 11) is 0. The van der Waals surface area contributed by atoms with Gasteiger partial charge >= 0.3 is 0 Å². The van der Waals surface area contributed by atoms with Crippen molar-refractivity contribution < 1.29 is 9.50 Å². The quantitative estimate of drug-likeness (QED) is 0.888. The Labute approximate surface area is 98.4 Å². The summed E-state index contributed by atoms with van der Waals surface area (Å²) < 4.78 is 14.3. The molecule has 15 heavy (non-hydrogen) atoms. The van der Waals surface area contributed by atoms with Crippen LogP contribution in [-0.4, -0.2) is 5.11 Å². The lowest BCUT2D eigenvalue weighted by atomic mass is 9.87. The first kappa shape index (κ1) is 12.7. The first-order valence-electron chi connectivity index (χ1n) is 5.01. The largest absolute Gasteiger partial charge is 0.385 e. The predicted molar refractivity (Wildman–Crippen MR) is 63.1 cm³/mol. The Morgan fingerprint density at radius 3 is 2.60 bits per heavy atom. The summed E-state index contributed by atoms with van der Waals surface area (Å²) in [5.41, 5.74) is -0.757. The van der Waals surface area contributed by atoms with Crippen molar-refractivity contribution in [1.29, 1.82) is 0 Å². The normalized spacial score (nSPS) is 15.4. The first-order chi connectivity index (χ1) is 6.83. The Kier molecular flexibility index (Phi) is 3.90. The summed E-state index contributed by atoms with van der Waals surface area (Å²) >= 11 is 3.28. The molecule has 84 valence electrons. The zero-order chi connectivity index (χ0) is 11.6. The van der Waals surface area contributed by atoms with E-state index in [1.54, 1.807) is 19.1 Å². The van der Waals surface area contributed by atoms with Crippen LogP contribution in [0.4, 0.5) is 4.39 Å². The highest BCUT2D eigenvalue weighted by atomic mass is 79.9. The lowest BCUT2D eigenvalue weighted by molar-refractivity contribution is 0.0313. The summed E-state index contributed by atoms with van der Waals surface area (Å²) in [4.78, 5) is 0. The van der Waals surface area contributed by atoms with Crippen LogP contribution >= 0.6 is 15.9 Å². The summed E-state index contributed by atoms with van der Waals surface area (Å²) in [6.07, 6.45) is 0.542. The van der Waals surface area contributed by atoms with Crippen LogP contribution in [0.2, 0.25) is 0 Å². The molecule has 0 bridgehead atoms. The van der Waals surface area contributed by atoms with Crippen molar-refractivity contribution in [3.8, 4) is 0 Å². The summed E-state index contributed by atoms with van der Waals surface area (Å²) in [6.45, 7) is 5.66. The number of halogens is 2. The van der Waals surface area contributed by atoms with Crippen LogP contribution in [-0.2, 0) is 5.60 Å². The zero-order valence-electron chi connectivity index (χ0n) is 9.22. The lowest BCUT2D eigenvalue weighted by Gasteiger charge is -2.26. The van der Waals surface area contributed by atoms with Gasteiger partial charge in [-0.2, -0.15) is 0 Å². The van der Waals surface area contributed by atoms with E-state index in [0.29, 0.717) is 17.9 Å². The fraction of sp³-hybridized carbons (Fsp3) is 0.500. The van der Waals surface area contributed by atoms with Gasteiger partial charge in [-0.3, -0.25) is 0 Å². The SMILES string of the molecule is CC(C)CC(C)(O)c1cc(Br)ccc1F. The summed E-state index contributed by atoms with van der Waals surface area (Å²) in [5.74, 6) is -0.0396. The summed E-state index contributed by atoms with van der Waals surface area (Å²) in [5, 5.41) is 10.2. The van der Waals surface area contributed by atoms with E-state index in [4.69, 9.17) is 0 Å². The Hall–Kier alpha value is -0.410. The third kappa shape index (κ3) is 3.28. The molecule has 0 aliphatic carbocycles. The van der Waals surface area contributed by atoms with Gasteiger partial charge in [0.2, 0.25) is 0 Å². The topological polar surface area (TPSA) is 20.2 Å². The number of rotatable bonds is 3. The molecule has 1 aromatic rings. The molecule has 1 atom stereocenters. The second-order valence-electron chi connectivity index (χ2n) is 4.50. The number of hydrogen-bond donors (Lipinski definition) is 1. The maximum Gasteiger partial charge on any atom is 0.129 e. The first-order valence-corrected chi connectivity index (χ1v) is 5.80. The molecule has 1 rings (SSSR count). The minimum absolute atomic E-state index is 0.318. The highest BCUT2D eigenvalue weighted by Gasteiger charge is 2.27. The molecule has 0 heterocycles. The van der Waals surface area contributed by atoms with Crippen molar-refractivity contribution in [3.63, 3.8) is 0 Å². The second kappa shape index (κ2) is 4.62. The predicted octanol–water partition coefficient (Wildman–Crippen LogP) is 3.84. The van der Waals surface area contributed by atoms with Crippen LogP contribution in [0.1, 0.15) is 32.8 Å². The lowest BCUT2D eigenvalue weighted by Crippen LogP contribution is -2.24. The molecule has 0 saturated heterocycles. The number of hydrogen-bond acceptors (Lipinski definition) is 1. The van der Waals surface area contributed by atoms with Gasteiger partial charge in [0.15, 0.2) is 0 Å². The average molecular weight is 275 g/mol. The van der Waals surface area contributed by atoms with Gasteiger partial charge in [0.25, 0.3) is 0 Å². The van der Waals surface area contributed by atoms with Gasteiger partial charge in [-0.05, 0) is 37.5 Å². The van der Waals surface area contributed by atoms with Crippen LogP contribution in [0.25, 0.3) is 0 Å². The molecule has 0 spiro atoms. The Balaban J connectivity index is 3.08. The van der Waals surface area contributed by atoms with Crippen molar-refractivity contribution in [2.45, 2.75) is 32.8 Å². The third-order valence-electron chi connectivity index (χ3n) is 2.31. The molecule has 0 aliphatic rings. The molecule has 1 nitrogen and oxygen atoms in total. The van der Waals surface area contributed by atoms with Gasteiger partial charge in [-0.15, -0.1) is 0 Å². The fourth-order valence-electron chi connectivity index (χ4n) is 1.82. The van der Waals surface area contributed by atoms with Gasteiger partial charge in [-0.25, -0.2) is 4.39 Å². The molecule has 0 amide bonds. The van der Waals surface area contributed by atoms with Crippen molar-refractivity contribution in [2.24, 2.45) is 5.92 Å². The highest BCUT2D eigenvalue weighted by Crippen LogP contribution is 2.31. The maximum atomic E-state index is 13.5. The van der Waals surface area contributed by atoms with Crippen molar-refractivity contribution in [2.75, 3.05) is 0 Å². The van der Waals surface area contributed by atoms with Crippen LogP contribution in [0.15, 0.2) is 22.7 Å². The van der Waals surface area contributed by atoms with Crippen LogP contribution in [0, 0.1) is 11.7 Å². The molecule has 0 fully saturated rings. The van der Waals surface area contributed by atoms with E-state index in [2.05, 4.69) is 15.9 Å². The number of benzene rings is 1. The van der Waals surface area contributed by atoms with Gasteiger partial charge in [0.05, 0.1) is 5.60 Å². The van der Waals surface area contributed by atoms with Gasteiger partial charge in [0.1, 0.15) is 5.82 Å². The van der Waals surface area contributed by atoms with E-state index >= 15 is 0 Å². The van der Waals surface area contributed by atoms with E-state index in [9.17, 15) is 9.50 Å². The average Bonchev–Trinajstić information content (AvgIpc) is 2.06. The van der Waals surface area contributed by atoms with E-state index in [1.165, 1.54) is 6.07 Å². The Morgan fingerprint density at radius 2 is 2.07 bits per heavy atom. The van der Waals surface area contributed by atoms with Crippen LogP contribution in [0.3, 0.4) is 0 Å². The van der Waals surface area contributed by atoms with Crippen molar-refractivity contribution >= 4 is 15.9 Å². The van der Waals surface area contributed by atoms with E-state index in [1.807, 2.05) is 13.8 Å². The summed E-state index contributed by atoms with van der Waals surface area (Å²) in [6, 6.07) is 4.64. The molecule has 0 aliphatic heterocycles. The molecule has 3 heteroatoms. The molecule has 0 radical (unpaired) electrons. The van der Waals surface area contributed by atoms with Crippen molar-refractivity contribution in [1.82, 2.24) is 0 Å². The Morgan fingerprint density at radius 1 is 1.47 bits per heavy atom. The molecule has 0 aromatic heterocycles. The van der Waals surface area contributed by atoms with Crippen molar-refractivity contribution in [3.05, 3.63) is 34.1 Å². The molecule has 1 aromatic carbocycles. The van der Waals surface area contributed by atoms with E-state index in [0.717, 1.165) is 4.47 Å². The minimum atomic E-state index is -1.11. The molecular formula is C12H16BrFO.